The lowest BCUT2D eigenvalue weighted by Gasteiger charge is -2.01. The van der Waals surface area contributed by atoms with Gasteiger partial charge in [0.2, 0.25) is 0 Å². The number of benzene rings is 1. The molecule has 0 aliphatic rings. The van der Waals surface area contributed by atoms with E-state index in [1.807, 2.05) is 0 Å². The second-order valence-electron chi connectivity index (χ2n) is 2.40. The molecule has 0 unspecified atom stereocenters. The molecule has 0 radical (unpaired) electrons. The van der Waals surface area contributed by atoms with Crippen molar-refractivity contribution in [2.45, 2.75) is 0 Å². The summed E-state index contributed by atoms with van der Waals surface area (Å²) in [5.41, 5.74) is 0.430. The Morgan fingerprint density at radius 3 is 2.08 bits per heavy atom. The minimum atomic E-state index is -0.566. The zero-order valence-corrected chi connectivity index (χ0v) is 6.64. The minimum absolute atomic E-state index is 0.425. The number of phenols is 3. The van der Waals surface area contributed by atoms with Crippen LogP contribution in [0.15, 0.2) is 18.2 Å². The van der Waals surface area contributed by atoms with Gasteiger partial charge in [0.1, 0.15) is 6.29 Å². The van der Waals surface area contributed by atoms with Crippen LogP contribution in [0.1, 0.15) is 5.56 Å². The Bertz CT molecular complexity index is 332. The van der Waals surface area contributed by atoms with E-state index in [0.717, 1.165) is 0 Å². The largest absolute Gasteiger partial charge is 0.504 e. The fourth-order valence-corrected chi connectivity index (χ4v) is 0.872. The average molecular weight is 180 g/mol. The van der Waals surface area contributed by atoms with Gasteiger partial charge in [-0.2, -0.15) is 0 Å². The van der Waals surface area contributed by atoms with Gasteiger partial charge in [-0.3, -0.25) is 4.79 Å². The Morgan fingerprint density at radius 2 is 1.62 bits per heavy atom. The monoisotopic (exact) mass is 180 g/mol. The first kappa shape index (κ1) is 9.12. The molecule has 0 aliphatic carbocycles. The molecule has 0 saturated carbocycles. The lowest BCUT2D eigenvalue weighted by atomic mass is 10.1. The van der Waals surface area contributed by atoms with E-state index in [0.29, 0.717) is 11.8 Å². The summed E-state index contributed by atoms with van der Waals surface area (Å²) in [5.74, 6) is -1.42. The highest BCUT2D eigenvalue weighted by molar-refractivity contribution is 5.75. The predicted octanol–water partition coefficient (Wildman–Crippen LogP) is 1.02. The van der Waals surface area contributed by atoms with Crippen LogP contribution in [0.2, 0.25) is 0 Å². The molecule has 0 aromatic heterocycles. The van der Waals surface area contributed by atoms with E-state index in [2.05, 4.69) is 0 Å². The maximum atomic E-state index is 9.95. The second kappa shape index (κ2) is 3.62. The molecule has 1 rings (SSSR count). The van der Waals surface area contributed by atoms with E-state index in [1.54, 1.807) is 0 Å². The summed E-state index contributed by atoms with van der Waals surface area (Å²) in [5, 5.41) is 27.1. The number of hydrogen-bond acceptors (Lipinski definition) is 4. The molecular weight excluding hydrogens is 172 g/mol. The summed E-state index contributed by atoms with van der Waals surface area (Å²) < 4.78 is 0. The standard InChI is InChI=1S/C9H8O4/c10-3-1-2-6-4-7(11)9(13)8(12)5-6/h1-5,11-13H. The van der Waals surface area contributed by atoms with Crippen molar-refractivity contribution in [1.82, 2.24) is 0 Å². The van der Waals surface area contributed by atoms with E-state index in [1.165, 1.54) is 24.3 Å². The van der Waals surface area contributed by atoms with Crippen molar-refractivity contribution >= 4 is 12.4 Å². The van der Waals surface area contributed by atoms with Crippen LogP contribution in [0.4, 0.5) is 0 Å². The topological polar surface area (TPSA) is 77.8 Å². The molecule has 1 aromatic carbocycles. The number of phenolic OH excluding ortho intramolecular Hbond substituents is 3. The average Bonchev–Trinajstić information content (AvgIpc) is 2.10. The summed E-state index contributed by atoms with van der Waals surface area (Å²) in [4.78, 5) is 9.95. The van der Waals surface area contributed by atoms with Gasteiger partial charge in [-0.15, -0.1) is 0 Å². The van der Waals surface area contributed by atoms with Crippen LogP contribution in [0, 0.1) is 0 Å². The molecule has 4 heteroatoms. The number of aromatic hydroxyl groups is 3. The summed E-state index contributed by atoms with van der Waals surface area (Å²) in [7, 11) is 0. The van der Waals surface area contributed by atoms with E-state index in [-0.39, 0.29) is 0 Å². The van der Waals surface area contributed by atoms with Crippen LogP contribution in [0.3, 0.4) is 0 Å². The smallest absolute Gasteiger partial charge is 0.200 e. The summed E-state index contributed by atoms with van der Waals surface area (Å²) in [6.45, 7) is 0. The van der Waals surface area contributed by atoms with E-state index in [9.17, 15) is 4.79 Å². The summed E-state index contributed by atoms with van der Waals surface area (Å²) in [6.07, 6.45) is 3.18. The maximum absolute atomic E-state index is 9.95. The molecule has 13 heavy (non-hydrogen) atoms. The third kappa shape index (κ3) is 1.99. The molecule has 0 amide bonds. The first-order valence-electron chi connectivity index (χ1n) is 3.52. The minimum Gasteiger partial charge on any atom is -0.504 e. The molecule has 68 valence electrons. The Hall–Kier alpha value is -1.97. The quantitative estimate of drug-likeness (QED) is 0.360. The lowest BCUT2D eigenvalue weighted by molar-refractivity contribution is -0.104. The van der Waals surface area contributed by atoms with Gasteiger partial charge in [0.25, 0.3) is 0 Å². The fourth-order valence-electron chi connectivity index (χ4n) is 0.872. The third-order valence-corrected chi connectivity index (χ3v) is 1.46. The van der Waals surface area contributed by atoms with Gasteiger partial charge in [0.15, 0.2) is 17.2 Å². The van der Waals surface area contributed by atoms with Crippen molar-refractivity contribution < 1.29 is 20.1 Å². The van der Waals surface area contributed by atoms with Gasteiger partial charge in [-0.25, -0.2) is 0 Å². The van der Waals surface area contributed by atoms with Gasteiger partial charge in [-0.05, 0) is 23.8 Å². The normalized spacial score (nSPS) is 10.5. The third-order valence-electron chi connectivity index (χ3n) is 1.46. The molecular formula is C9H8O4. The SMILES string of the molecule is O=CC=Cc1cc(O)c(O)c(O)c1. The van der Waals surface area contributed by atoms with Crippen molar-refractivity contribution in [2.75, 3.05) is 0 Å². The van der Waals surface area contributed by atoms with Crippen molar-refractivity contribution in [3.05, 3.63) is 23.8 Å². The van der Waals surface area contributed by atoms with Crippen molar-refractivity contribution in [3.8, 4) is 17.2 Å². The van der Waals surface area contributed by atoms with Gasteiger partial charge in [0, 0.05) is 0 Å². The number of carbonyl (C=O) groups excluding carboxylic acids is 1. The first-order chi connectivity index (χ1) is 6.15. The number of hydrogen-bond donors (Lipinski definition) is 3. The fraction of sp³-hybridized carbons (Fsp3) is 0. The van der Waals surface area contributed by atoms with Crippen LogP contribution >= 0.6 is 0 Å². The summed E-state index contributed by atoms with van der Waals surface area (Å²) in [6, 6.07) is 2.46. The highest BCUT2D eigenvalue weighted by Crippen LogP contribution is 2.35. The highest BCUT2D eigenvalue weighted by atomic mass is 16.3. The van der Waals surface area contributed by atoms with E-state index < -0.39 is 17.2 Å². The number of aldehydes is 1. The molecule has 0 spiro atoms. The predicted molar refractivity (Wildman–Crippen MR) is 46.5 cm³/mol. The number of allylic oxidation sites excluding steroid dienone is 1. The molecule has 0 fully saturated rings. The van der Waals surface area contributed by atoms with Gasteiger partial charge in [-0.1, -0.05) is 6.08 Å². The van der Waals surface area contributed by atoms with E-state index >= 15 is 0 Å². The van der Waals surface area contributed by atoms with Crippen LogP contribution in [0.25, 0.3) is 6.08 Å². The van der Waals surface area contributed by atoms with Crippen LogP contribution in [-0.4, -0.2) is 21.6 Å². The summed E-state index contributed by atoms with van der Waals surface area (Å²) >= 11 is 0. The molecule has 3 N–H and O–H groups in total. The van der Waals surface area contributed by atoms with Gasteiger partial charge >= 0.3 is 0 Å². The van der Waals surface area contributed by atoms with Gasteiger partial charge < -0.3 is 15.3 Å². The van der Waals surface area contributed by atoms with Crippen molar-refractivity contribution in [2.24, 2.45) is 0 Å². The molecule has 0 saturated heterocycles. The second-order valence-corrected chi connectivity index (χ2v) is 2.40. The zero-order valence-electron chi connectivity index (χ0n) is 6.64. The first-order valence-corrected chi connectivity index (χ1v) is 3.52. The van der Waals surface area contributed by atoms with Gasteiger partial charge in [0.05, 0.1) is 0 Å². The highest BCUT2D eigenvalue weighted by Gasteiger charge is 2.05. The zero-order chi connectivity index (χ0) is 9.84. The maximum Gasteiger partial charge on any atom is 0.200 e. The van der Waals surface area contributed by atoms with Crippen molar-refractivity contribution in [3.63, 3.8) is 0 Å². The Labute approximate surface area is 74.4 Å². The van der Waals surface area contributed by atoms with E-state index in [4.69, 9.17) is 15.3 Å². The molecule has 0 heterocycles. The number of carbonyl (C=O) groups is 1. The van der Waals surface area contributed by atoms with Crippen LogP contribution in [-0.2, 0) is 4.79 Å². The van der Waals surface area contributed by atoms with Crippen LogP contribution in [0.5, 0.6) is 17.2 Å². The van der Waals surface area contributed by atoms with Crippen LogP contribution < -0.4 is 0 Å². The van der Waals surface area contributed by atoms with Crippen molar-refractivity contribution in [1.29, 1.82) is 0 Å². The molecule has 0 bridgehead atoms. The Kier molecular flexibility index (Phi) is 2.54. The molecule has 4 nitrogen and oxygen atoms in total. The molecule has 0 aliphatic heterocycles. The molecule has 0 atom stereocenters. The Balaban J connectivity index is 3.12. The number of rotatable bonds is 2. The Morgan fingerprint density at radius 1 is 1.08 bits per heavy atom. The molecule has 1 aromatic rings. The lowest BCUT2D eigenvalue weighted by Crippen LogP contribution is -1.75.